The Morgan fingerprint density at radius 1 is 1.28 bits per heavy atom. The fraction of sp³-hybridized carbons (Fsp3) is 0.611. The number of aliphatic imine (C=N–C) groups is 1. The fourth-order valence-corrected chi connectivity index (χ4v) is 2.55. The number of aliphatic hydroxyl groups is 1. The number of nitrogens with one attached hydrogen (secondary N) is 2. The van der Waals surface area contributed by atoms with E-state index in [1.165, 1.54) is 12.1 Å². The summed E-state index contributed by atoms with van der Waals surface area (Å²) in [7, 11) is 0. The molecular formula is C18H31FIN3O2. The largest absolute Gasteiger partial charge is 0.505 e. The van der Waals surface area contributed by atoms with Crippen molar-refractivity contribution in [3.8, 4) is 5.75 Å². The highest BCUT2D eigenvalue weighted by atomic mass is 127. The van der Waals surface area contributed by atoms with Gasteiger partial charge in [-0.2, -0.15) is 0 Å². The summed E-state index contributed by atoms with van der Waals surface area (Å²) in [6, 6.07) is 4.27. The van der Waals surface area contributed by atoms with Crippen LogP contribution in [0.2, 0.25) is 0 Å². The second-order valence-corrected chi connectivity index (χ2v) is 6.37. The summed E-state index contributed by atoms with van der Waals surface area (Å²) in [5.74, 6) is 0.624. The zero-order valence-electron chi connectivity index (χ0n) is 15.3. The number of rotatable bonds is 9. The third kappa shape index (κ3) is 9.84. The molecule has 0 amide bonds. The molecule has 0 saturated carbocycles. The lowest BCUT2D eigenvalue weighted by molar-refractivity contribution is 0.243. The van der Waals surface area contributed by atoms with Crippen molar-refractivity contribution >= 4 is 29.9 Å². The van der Waals surface area contributed by atoms with Crippen molar-refractivity contribution in [3.63, 3.8) is 0 Å². The van der Waals surface area contributed by atoms with Crippen LogP contribution in [0.25, 0.3) is 0 Å². The van der Waals surface area contributed by atoms with Crippen molar-refractivity contribution in [3.05, 3.63) is 29.6 Å². The van der Waals surface area contributed by atoms with Gasteiger partial charge in [-0.05, 0) is 49.3 Å². The van der Waals surface area contributed by atoms with Gasteiger partial charge in [-0.3, -0.25) is 0 Å². The van der Waals surface area contributed by atoms with Gasteiger partial charge in [0.1, 0.15) is 0 Å². The molecular weight excluding hydrogens is 436 g/mol. The number of benzene rings is 1. The van der Waals surface area contributed by atoms with Gasteiger partial charge in [0.2, 0.25) is 0 Å². The zero-order chi connectivity index (χ0) is 17.9. The van der Waals surface area contributed by atoms with Gasteiger partial charge in [0.25, 0.3) is 0 Å². The third-order valence-electron chi connectivity index (χ3n) is 3.68. The van der Waals surface area contributed by atoms with E-state index in [4.69, 9.17) is 0 Å². The van der Waals surface area contributed by atoms with Gasteiger partial charge in [-0.15, -0.1) is 24.0 Å². The molecule has 0 aromatic heterocycles. The molecule has 0 aliphatic rings. The van der Waals surface area contributed by atoms with E-state index in [1.807, 2.05) is 6.92 Å². The van der Waals surface area contributed by atoms with Crippen LogP contribution in [0.3, 0.4) is 0 Å². The van der Waals surface area contributed by atoms with E-state index in [1.54, 1.807) is 6.07 Å². The Balaban J connectivity index is 0.00000576. The van der Waals surface area contributed by atoms with E-state index in [-0.39, 0.29) is 36.3 Å². The van der Waals surface area contributed by atoms with Crippen LogP contribution in [0, 0.1) is 17.7 Å². The molecule has 5 nitrogen and oxygen atoms in total. The van der Waals surface area contributed by atoms with Gasteiger partial charge in [0.05, 0.1) is 6.54 Å². The summed E-state index contributed by atoms with van der Waals surface area (Å²) in [4.78, 5) is 4.45. The zero-order valence-corrected chi connectivity index (χ0v) is 17.6. The molecule has 7 heteroatoms. The molecule has 144 valence electrons. The van der Waals surface area contributed by atoms with Crippen LogP contribution >= 0.6 is 24.0 Å². The molecule has 0 heterocycles. The molecule has 25 heavy (non-hydrogen) atoms. The lowest BCUT2D eigenvalue weighted by Crippen LogP contribution is -2.40. The molecule has 0 spiro atoms. The van der Waals surface area contributed by atoms with Gasteiger partial charge in [0.15, 0.2) is 17.5 Å². The van der Waals surface area contributed by atoms with Crippen molar-refractivity contribution in [2.75, 3.05) is 19.7 Å². The smallest absolute Gasteiger partial charge is 0.191 e. The molecule has 0 radical (unpaired) electrons. The first-order chi connectivity index (χ1) is 11.5. The minimum atomic E-state index is -0.638. The predicted molar refractivity (Wildman–Crippen MR) is 111 cm³/mol. The molecule has 0 bridgehead atoms. The van der Waals surface area contributed by atoms with Crippen LogP contribution in [-0.2, 0) is 6.54 Å². The second kappa shape index (κ2) is 13.2. The Morgan fingerprint density at radius 3 is 2.56 bits per heavy atom. The summed E-state index contributed by atoms with van der Waals surface area (Å²) in [5.41, 5.74) is 0.691. The van der Waals surface area contributed by atoms with Gasteiger partial charge in [-0.25, -0.2) is 9.38 Å². The van der Waals surface area contributed by atoms with Gasteiger partial charge in [0, 0.05) is 19.7 Å². The Labute approximate surface area is 167 Å². The Hall–Kier alpha value is -1.09. The van der Waals surface area contributed by atoms with Crippen molar-refractivity contribution in [1.82, 2.24) is 10.6 Å². The van der Waals surface area contributed by atoms with Gasteiger partial charge >= 0.3 is 0 Å². The summed E-state index contributed by atoms with van der Waals surface area (Å²) in [6.07, 6.45) is 1.80. The fourth-order valence-electron chi connectivity index (χ4n) is 2.55. The lowest BCUT2D eigenvalue weighted by Gasteiger charge is -2.20. The van der Waals surface area contributed by atoms with Crippen molar-refractivity contribution < 1.29 is 14.6 Å². The number of hydrogen-bond acceptors (Lipinski definition) is 3. The number of halogens is 2. The highest BCUT2D eigenvalue weighted by Gasteiger charge is 2.11. The van der Waals surface area contributed by atoms with Crippen LogP contribution in [0.5, 0.6) is 5.75 Å². The molecule has 1 unspecified atom stereocenters. The minimum absolute atomic E-state index is 0. The SMILES string of the molecule is CCNC(=NCc1ccc(O)c(F)c1)NCC(CCO)CC(C)C.I. The van der Waals surface area contributed by atoms with Crippen LogP contribution in [0.1, 0.15) is 39.2 Å². The highest BCUT2D eigenvalue weighted by Crippen LogP contribution is 2.17. The molecule has 0 fully saturated rings. The number of phenols is 1. The van der Waals surface area contributed by atoms with Crippen LogP contribution in [0.15, 0.2) is 23.2 Å². The molecule has 0 aliphatic carbocycles. The van der Waals surface area contributed by atoms with Gasteiger partial charge in [-0.1, -0.05) is 19.9 Å². The molecule has 0 aliphatic heterocycles. The molecule has 1 atom stereocenters. The maximum Gasteiger partial charge on any atom is 0.191 e. The molecule has 0 saturated heterocycles. The average molecular weight is 467 g/mol. The summed E-state index contributed by atoms with van der Waals surface area (Å²) < 4.78 is 13.4. The number of phenolic OH excluding ortho intramolecular Hbond substituents is 1. The molecule has 1 rings (SSSR count). The maximum absolute atomic E-state index is 13.4. The Kier molecular flexibility index (Phi) is 12.6. The number of aliphatic hydroxyl groups excluding tert-OH is 1. The second-order valence-electron chi connectivity index (χ2n) is 6.37. The molecule has 1 aromatic rings. The Bertz CT molecular complexity index is 527. The first kappa shape index (κ1) is 23.9. The van der Waals surface area contributed by atoms with E-state index < -0.39 is 5.82 Å². The number of aromatic hydroxyl groups is 1. The van der Waals surface area contributed by atoms with E-state index in [0.717, 1.165) is 25.9 Å². The monoisotopic (exact) mass is 467 g/mol. The average Bonchev–Trinajstić information content (AvgIpc) is 2.52. The number of guanidine groups is 1. The van der Waals surface area contributed by atoms with E-state index in [2.05, 4.69) is 29.5 Å². The molecule has 4 N–H and O–H groups in total. The maximum atomic E-state index is 13.4. The number of hydrogen-bond donors (Lipinski definition) is 4. The Morgan fingerprint density at radius 2 is 2.00 bits per heavy atom. The third-order valence-corrected chi connectivity index (χ3v) is 3.68. The van der Waals surface area contributed by atoms with Crippen molar-refractivity contribution in [1.29, 1.82) is 0 Å². The highest BCUT2D eigenvalue weighted by molar-refractivity contribution is 14.0. The van der Waals surface area contributed by atoms with Crippen molar-refractivity contribution in [2.45, 2.75) is 40.2 Å². The first-order valence-electron chi connectivity index (χ1n) is 8.56. The normalized spacial score (nSPS) is 12.6. The van der Waals surface area contributed by atoms with Gasteiger partial charge < -0.3 is 20.8 Å². The van der Waals surface area contributed by atoms with Crippen LogP contribution in [0.4, 0.5) is 4.39 Å². The van der Waals surface area contributed by atoms with E-state index in [0.29, 0.717) is 29.9 Å². The number of nitrogens with zero attached hydrogens (tertiary/aromatic N) is 1. The van der Waals surface area contributed by atoms with Crippen LogP contribution < -0.4 is 10.6 Å². The quantitative estimate of drug-likeness (QED) is 0.256. The minimum Gasteiger partial charge on any atom is -0.505 e. The lowest BCUT2D eigenvalue weighted by atomic mass is 9.94. The standard InChI is InChI=1S/C18H30FN3O2.HI/c1-4-20-18(22-12-15(7-8-23)9-13(2)3)21-11-14-5-6-17(24)16(19)10-14;/h5-6,10,13,15,23-24H,4,7-9,11-12H2,1-3H3,(H2,20,21,22);1H. The van der Waals surface area contributed by atoms with Crippen molar-refractivity contribution in [2.24, 2.45) is 16.8 Å². The summed E-state index contributed by atoms with van der Waals surface area (Å²) in [5, 5.41) is 24.9. The topological polar surface area (TPSA) is 76.9 Å². The van der Waals surface area contributed by atoms with E-state index in [9.17, 15) is 14.6 Å². The van der Waals surface area contributed by atoms with Crippen LogP contribution in [-0.4, -0.2) is 35.9 Å². The predicted octanol–water partition coefficient (Wildman–Crippen LogP) is 3.25. The summed E-state index contributed by atoms with van der Waals surface area (Å²) in [6.45, 7) is 8.28. The first-order valence-corrected chi connectivity index (χ1v) is 8.56. The molecule has 1 aromatic carbocycles. The summed E-state index contributed by atoms with van der Waals surface area (Å²) >= 11 is 0. The van der Waals surface area contributed by atoms with E-state index >= 15 is 0 Å².